The molecule has 0 atom stereocenters. The molecule has 0 aliphatic heterocycles. The Bertz CT molecular complexity index is 807. The molecule has 2 aromatic carbocycles. The monoisotopic (exact) mass is 463 g/mol. The molecule has 1 N–H and O–H groups in total. The number of benzene rings is 2. The highest BCUT2D eigenvalue weighted by Crippen LogP contribution is 2.28. The van der Waals surface area contributed by atoms with Crippen molar-refractivity contribution in [3.63, 3.8) is 0 Å². The number of methoxy groups -OCH3 is 1. The van der Waals surface area contributed by atoms with Crippen molar-refractivity contribution in [3.05, 3.63) is 52.0 Å². The van der Waals surface area contributed by atoms with Crippen molar-refractivity contribution in [2.45, 2.75) is 40.2 Å². The minimum absolute atomic E-state index is 0.188. The normalized spacial score (nSPS) is 10.7. The third kappa shape index (κ3) is 7.28. The number of ether oxygens (including phenoxy) is 3. The third-order valence-electron chi connectivity index (χ3n) is 4.19. The van der Waals surface area contributed by atoms with Gasteiger partial charge in [0, 0.05) is 11.0 Å². The van der Waals surface area contributed by atoms with Gasteiger partial charge < -0.3 is 19.5 Å². The summed E-state index contributed by atoms with van der Waals surface area (Å²) in [7, 11) is 1.62. The van der Waals surface area contributed by atoms with E-state index >= 15 is 0 Å². The number of hydrogen-bond acceptors (Lipinski definition) is 4. The number of nitrogens with one attached hydrogen (secondary N) is 1. The van der Waals surface area contributed by atoms with E-state index in [0.29, 0.717) is 48.5 Å². The molecule has 0 fully saturated rings. The Morgan fingerprint density at radius 3 is 2.52 bits per heavy atom. The van der Waals surface area contributed by atoms with Crippen LogP contribution in [-0.4, -0.2) is 26.2 Å². The molecule has 0 saturated carbocycles. The molecule has 0 spiro atoms. The van der Waals surface area contributed by atoms with Crippen molar-refractivity contribution in [1.82, 2.24) is 5.32 Å². The van der Waals surface area contributed by atoms with Crippen LogP contribution in [0.1, 0.15) is 49.5 Å². The van der Waals surface area contributed by atoms with Crippen molar-refractivity contribution in [2.24, 2.45) is 5.92 Å². The van der Waals surface area contributed by atoms with Gasteiger partial charge >= 0.3 is 0 Å². The molecule has 0 aromatic heterocycles. The number of hydrogen-bond donors (Lipinski definition) is 1. The van der Waals surface area contributed by atoms with Crippen LogP contribution in [0.25, 0.3) is 0 Å². The second kappa shape index (κ2) is 11.7. The highest BCUT2D eigenvalue weighted by molar-refractivity contribution is 9.10. The summed E-state index contributed by atoms with van der Waals surface area (Å²) in [5.41, 5.74) is 1.43. The average molecular weight is 464 g/mol. The van der Waals surface area contributed by atoms with E-state index in [1.807, 2.05) is 30.3 Å². The minimum Gasteiger partial charge on any atom is -0.493 e. The second-order valence-corrected chi connectivity index (χ2v) is 8.13. The maximum absolute atomic E-state index is 12.8. The molecule has 1 amide bonds. The van der Waals surface area contributed by atoms with Gasteiger partial charge in [-0.1, -0.05) is 49.2 Å². The van der Waals surface area contributed by atoms with Gasteiger partial charge in [0.25, 0.3) is 5.91 Å². The molecule has 0 saturated heterocycles. The van der Waals surface area contributed by atoms with Crippen LogP contribution in [0.15, 0.2) is 40.9 Å². The number of rotatable bonds is 11. The number of halogens is 1. The largest absolute Gasteiger partial charge is 0.493 e. The maximum Gasteiger partial charge on any atom is 0.255 e. The average Bonchev–Trinajstić information content (AvgIpc) is 2.71. The molecule has 5 nitrogen and oxygen atoms in total. The summed E-state index contributed by atoms with van der Waals surface area (Å²) in [6.45, 7) is 7.85. The van der Waals surface area contributed by atoms with E-state index in [0.717, 1.165) is 22.9 Å². The second-order valence-electron chi connectivity index (χ2n) is 7.22. The number of unbranched alkanes of at least 4 members (excludes halogenated alkanes) is 1. The quantitative estimate of drug-likeness (QED) is 0.440. The summed E-state index contributed by atoms with van der Waals surface area (Å²) in [5.74, 6) is 2.15. The smallest absolute Gasteiger partial charge is 0.255 e. The van der Waals surface area contributed by atoms with Crippen molar-refractivity contribution < 1.29 is 19.0 Å². The summed E-state index contributed by atoms with van der Waals surface area (Å²) in [6.07, 6.45) is 2.07. The summed E-state index contributed by atoms with van der Waals surface area (Å²) >= 11 is 3.43. The van der Waals surface area contributed by atoms with Crippen LogP contribution in [0.3, 0.4) is 0 Å². The Morgan fingerprint density at radius 1 is 1.07 bits per heavy atom. The van der Waals surface area contributed by atoms with Crippen LogP contribution in [0.4, 0.5) is 0 Å². The topological polar surface area (TPSA) is 56.8 Å². The fraction of sp³-hybridized carbons (Fsp3) is 0.435. The summed E-state index contributed by atoms with van der Waals surface area (Å²) in [6, 6.07) is 11.2. The Kier molecular flexibility index (Phi) is 9.32. The van der Waals surface area contributed by atoms with Gasteiger partial charge in [-0.05, 0) is 48.2 Å². The van der Waals surface area contributed by atoms with E-state index < -0.39 is 0 Å². The molecule has 158 valence electrons. The predicted molar refractivity (Wildman–Crippen MR) is 119 cm³/mol. The number of carbonyl (C=O) groups excluding carboxylic acids is 1. The van der Waals surface area contributed by atoms with Crippen LogP contribution in [0.5, 0.6) is 17.2 Å². The van der Waals surface area contributed by atoms with E-state index in [1.165, 1.54) is 0 Å². The molecule has 2 aromatic rings. The maximum atomic E-state index is 12.8. The fourth-order valence-electron chi connectivity index (χ4n) is 2.61. The Hall–Kier alpha value is -2.21. The fourth-order valence-corrected chi connectivity index (χ4v) is 2.97. The first-order chi connectivity index (χ1) is 13.9. The van der Waals surface area contributed by atoms with E-state index in [1.54, 1.807) is 13.2 Å². The molecule has 6 heteroatoms. The van der Waals surface area contributed by atoms with Gasteiger partial charge in [-0.25, -0.2) is 0 Å². The lowest BCUT2D eigenvalue weighted by molar-refractivity contribution is 0.0946. The highest BCUT2D eigenvalue weighted by Gasteiger charge is 2.14. The lowest BCUT2D eigenvalue weighted by atomic mass is 10.1. The molecule has 0 aliphatic rings. The van der Waals surface area contributed by atoms with E-state index in [4.69, 9.17) is 14.2 Å². The van der Waals surface area contributed by atoms with Crippen LogP contribution in [0, 0.1) is 5.92 Å². The Labute approximate surface area is 181 Å². The van der Waals surface area contributed by atoms with Gasteiger partial charge in [0.15, 0.2) is 11.5 Å². The SMILES string of the molecule is CCCCOc1ccc(CNC(=O)c2cc(Br)ccc2OCC(C)C)cc1OC. The van der Waals surface area contributed by atoms with E-state index in [2.05, 4.69) is 42.0 Å². The predicted octanol–water partition coefficient (Wildman–Crippen LogP) is 5.60. The Balaban J connectivity index is 2.06. The molecule has 0 unspecified atom stereocenters. The zero-order valence-electron chi connectivity index (χ0n) is 17.6. The van der Waals surface area contributed by atoms with Gasteiger partial charge in [0.2, 0.25) is 0 Å². The number of carbonyl (C=O) groups is 1. The van der Waals surface area contributed by atoms with Crippen LogP contribution < -0.4 is 19.5 Å². The number of amides is 1. The molecule has 0 heterocycles. The lowest BCUT2D eigenvalue weighted by Crippen LogP contribution is -2.24. The molecule has 0 bridgehead atoms. The van der Waals surface area contributed by atoms with E-state index in [9.17, 15) is 4.79 Å². The van der Waals surface area contributed by atoms with Crippen LogP contribution in [-0.2, 0) is 6.54 Å². The summed E-state index contributed by atoms with van der Waals surface area (Å²) < 4.78 is 17.8. The first kappa shape index (κ1) is 23.1. The van der Waals surface area contributed by atoms with Gasteiger partial charge in [0.1, 0.15) is 5.75 Å². The lowest BCUT2D eigenvalue weighted by Gasteiger charge is -2.15. The third-order valence-corrected chi connectivity index (χ3v) is 4.69. The first-order valence-corrected chi connectivity index (χ1v) is 10.7. The summed E-state index contributed by atoms with van der Waals surface area (Å²) in [5, 5.41) is 2.96. The first-order valence-electron chi connectivity index (χ1n) is 9.94. The Morgan fingerprint density at radius 2 is 1.83 bits per heavy atom. The molecule has 0 aliphatic carbocycles. The van der Waals surface area contributed by atoms with Gasteiger partial charge in [-0.2, -0.15) is 0 Å². The van der Waals surface area contributed by atoms with E-state index in [-0.39, 0.29) is 5.91 Å². The van der Waals surface area contributed by atoms with Gasteiger partial charge in [0.05, 0.1) is 25.9 Å². The molecule has 0 radical (unpaired) electrons. The van der Waals surface area contributed by atoms with Crippen molar-refractivity contribution in [3.8, 4) is 17.2 Å². The van der Waals surface area contributed by atoms with Crippen molar-refractivity contribution in [1.29, 1.82) is 0 Å². The standard InChI is InChI=1S/C23H30BrNO4/c1-5-6-11-28-21-9-7-17(12-22(21)27-4)14-25-23(26)19-13-18(24)8-10-20(19)29-15-16(2)3/h7-10,12-13,16H,5-6,11,14-15H2,1-4H3,(H,25,26). The molecular formula is C23H30BrNO4. The summed E-state index contributed by atoms with van der Waals surface area (Å²) in [4.78, 5) is 12.8. The molecule has 2 rings (SSSR count). The zero-order valence-corrected chi connectivity index (χ0v) is 19.2. The highest BCUT2D eigenvalue weighted by atomic mass is 79.9. The minimum atomic E-state index is -0.188. The van der Waals surface area contributed by atoms with Crippen LogP contribution >= 0.6 is 15.9 Å². The molecular weight excluding hydrogens is 434 g/mol. The van der Waals surface area contributed by atoms with Crippen molar-refractivity contribution >= 4 is 21.8 Å². The van der Waals surface area contributed by atoms with Gasteiger partial charge in [-0.15, -0.1) is 0 Å². The van der Waals surface area contributed by atoms with Crippen LogP contribution in [0.2, 0.25) is 0 Å². The van der Waals surface area contributed by atoms with Gasteiger partial charge in [-0.3, -0.25) is 4.79 Å². The zero-order chi connectivity index (χ0) is 21.2. The van der Waals surface area contributed by atoms with Crippen molar-refractivity contribution in [2.75, 3.05) is 20.3 Å². The molecule has 29 heavy (non-hydrogen) atoms.